The second-order valence-electron chi connectivity index (χ2n) is 34.6. The first-order valence-electron chi connectivity index (χ1n) is 46.4. The lowest BCUT2D eigenvalue weighted by Gasteiger charge is -2.34. The molecule has 11 heterocycles. The lowest BCUT2D eigenvalue weighted by molar-refractivity contribution is -0.139. The van der Waals surface area contributed by atoms with Crippen LogP contribution in [0.2, 0.25) is 44.2 Å². The third kappa shape index (κ3) is 28.2. The van der Waals surface area contributed by atoms with Crippen molar-refractivity contribution in [3.05, 3.63) is 268 Å². The lowest BCUT2D eigenvalue weighted by atomic mass is 9.63. The van der Waals surface area contributed by atoms with Gasteiger partial charge in [0.25, 0.3) is 11.8 Å². The summed E-state index contributed by atoms with van der Waals surface area (Å²) in [7, 11) is 0. The number of rotatable bonds is 24. The molecule has 9 aliphatic rings. The highest BCUT2D eigenvalue weighted by atomic mass is 32.2. The van der Waals surface area contributed by atoms with E-state index in [-0.39, 0.29) is 104 Å². The molecule has 11 aromatic rings. The molecule has 23 nitrogen and oxygen atoms in total. The maximum Gasteiger partial charge on any atom is 0.341 e. The van der Waals surface area contributed by atoms with Gasteiger partial charge in [-0.1, -0.05) is 127 Å². The van der Waals surface area contributed by atoms with Crippen molar-refractivity contribution in [2.24, 2.45) is 0 Å². The Morgan fingerprint density at radius 3 is 1.25 bits per heavy atom. The fraction of sp³-hybridized carbons (Fsp3) is 0.330. The van der Waals surface area contributed by atoms with E-state index >= 15 is 0 Å². The van der Waals surface area contributed by atoms with E-state index in [1.807, 2.05) is 107 Å². The standard InChI is InChI=1S/C20H23BO3.C18H21BN4O3.C15H20BNO3.C14H12BFOS.C12H11BOS2.C11H13BO3.C10H11BO4/c1-2-3-7-20(22)17-6-4-5-15(12-17)14-24-18-8-9-19-16(13-18)10-11-21(19)23;24-17(13-26-15-2-3-16-14(12-15)4-5-19(16)25)22-8-10-23(11-9-22)18-20-6-1-7-21-18;18-15(17-8-2-1-3-9-17)11-20-13-4-5-14-12(10-13)6-7-16(14)19;16-11-2-5-12(6-3-11)18-13-4-1-10-7-8-15(17)14(10)9-13;14-13-6-5-9-3-4-10(8-11(9)13)16-12-2-1-7-15-12;1-8(13)7-15-10-2-3-11-9(6-10)4-5-12(11)14;12-10(13)6-15-8-1-2-9-7(5-8)3-4-11(9)14/h4-6,8-9,12-13,23H,2-3,7,10-11,14H2,1H3;1-3,6-7,12,25H,4-5,8-11,13H2;4-5,10,19H,1-3,6-9,11H2;1-6,9,17H,7-8H2;1-4,7-8,14H,5-6H2;2-3,6,14H,4-5,7H2,1H3;1-2,5,14H,3-4,6H2,(H,12,13). The highest BCUT2D eigenvalue weighted by Crippen LogP contribution is 2.34. The van der Waals surface area contributed by atoms with Gasteiger partial charge < -0.3 is 78.7 Å². The molecule has 2 amide bonds. The van der Waals surface area contributed by atoms with Crippen molar-refractivity contribution >= 4 is 157 Å². The Hall–Kier alpha value is -10.9. The van der Waals surface area contributed by atoms with Gasteiger partial charge >= 0.3 is 54.4 Å². The van der Waals surface area contributed by atoms with Crippen LogP contribution in [0.1, 0.15) is 107 Å². The number of fused-ring (bicyclic) bond motifs is 7. The minimum absolute atomic E-state index is 0.00975. The second-order valence-corrected chi connectivity index (χ2v) is 38.1. The Morgan fingerprint density at radius 2 is 0.821 bits per heavy atom. The Balaban J connectivity index is 0.000000127. The van der Waals surface area contributed by atoms with Crippen molar-refractivity contribution < 1.29 is 92.3 Å². The summed E-state index contributed by atoms with van der Waals surface area (Å²) in [5.41, 5.74) is 17.0. The molecule has 20 rings (SSSR count). The number of amides is 2. The number of ketones is 2. The number of unbranched alkanes of at least 4 members (excludes halogenated alkanes) is 1. The molecule has 0 saturated carbocycles. The maximum atomic E-state index is 12.8. The normalized spacial score (nSPS) is 14.9. The van der Waals surface area contributed by atoms with Crippen LogP contribution in [0.3, 0.4) is 0 Å². The van der Waals surface area contributed by atoms with Crippen molar-refractivity contribution in [3.8, 4) is 28.7 Å². The predicted octanol–water partition coefficient (Wildman–Crippen LogP) is 9.83. The number of likely N-dealkylation sites (tertiary alicyclic amines) is 1. The number of ether oxygens (including phenoxy) is 5. The number of piperazine rings is 1. The third-order valence-corrected chi connectivity index (χ3v) is 28.0. The monoisotopic (exact) mass is 1860 g/mol. The van der Waals surface area contributed by atoms with Crippen molar-refractivity contribution in [1.82, 2.24) is 19.8 Å². The molecule has 134 heavy (non-hydrogen) atoms. The molecule has 0 atom stereocenters. The molecule has 9 aliphatic heterocycles. The summed E-state index contributed by atoms with van der Waals surface area (Å²) in [5.74, 6) is 3.24. The number of carbonyl (C=O) groups excluding carboxylic acids is 4. The van der Waals surface area contributed by atoms with Gasteiger partial charge in [-0.15, -0.1) is 11.3 Å². The molecular formula is C100H111B7FN5O18S3. The zero-order valence-electron chi connectivity index (χ0n) is 75.7. The minimum atomic E-state index is -0.990. The van der Waals surface area contributed by atoms with E-state index in [0.29, 0.717) is 62.4 Å². The molecule has 9 aromatic carbocycles. The molecule has 0 bridgehead atoms. The molecule has 0 aliphatic carbocycles. The van der Waals surface area contributed by atoms with Crippen molar-refractivity contribution in [3.63, 3.8) is 0 Å². The first-order valence-corrected chi connectivity index (χ1v) is 48.9. The van der Waals surface area contributed by atoms with Gasteiger partial charge in [-0.05, 0) is 314 Å². The van der Waals surface area contributed by atoms with E-state index in [9.17, 15) is 63.5 Å². The number of aromatic nitrogens is 2. The summed E-state index contributed by atoms with van der Waals surface area (Å²) in [6.45, 7) is 6.04. The summed E-state index contributed by atoms with van der Waals surface area (Å²) >= 11 is 5.11. The fourth-order valence-electron chi connectivity index (χ4n) is 17.7. The number of carboxylic acids is 1. The van der Waals surface area contributed by atoms with E-state index < -0.39 is 5.97 Å². The van der Waals surface area contributed by atoms with Crippen LogP contribution in [-0.2, 0) is 70.7 Å². The van der Waals surface area contributed by atoms with Crippen molar-refractivity contribution in [2.45, 2.75) is 167 Å². The number of aryl methyl sites for hydroxylation is 7. The Bertz CT molecular complexity index is 5740. The highest BCUT2D eigenvalue weighted by molar-refractivity contribution is 8.01. The van der Waals surface area contributed by atoms with E-state index in [0.717, 1.165) is 221 Å². The first kappa shape index (κ1) is 99.1. The first-order chi connectivity index (χ1) is 65.0. The number of Topliss-reactive ketones (excluding diaryl/α,β-unsaturated/α-hetero) is 2. The summed E-state index contributed by atoms with van der Waals surface area (Å²) in [5, 5.41) is 78.8. The number of hydrogen-bond donors (Lipinski definition) is 8. The van der Waals surface area contributed by atoms with Crippen LogP contribution in [0.15, 0.2) is 231 Å². The largest absolute Gasteiger partial charge is 0.489 e. The summed E-state index contributed by atoms with van der Waals surface area (Å²) < 4.78 is 41.6. The number of hydrogen-bond acceptors (Lipinski definition) is 23. The molecule has 690 valence electrons. The maximum absolute atomic E-state index is 12.8. The number of anilines is 1. The van der Waals surface area contributed by atoms with Crippen LogP contribution >= 0.6 is 34.9 Å². The predicted molar refractivity (Wildman–Crippen MR) is 533 cm³/mol. The SMILES string of the molecule is CC(=O)COc1ccc2c(c1)CCB2O.CCCCC(=O)c1cccc(COc2ccc3c(c2)CCB3O)c1.O=C(COc1ccc2c(c1)CCB2O)N1CCCCC1.O=C(COc1ccc2c(c1)CCB2O)N1CCN(c2ncccn2)CC1.O=C(O)COc1ccc2c(c1)CCB2O.OB1CCc2ccc(Sc3ccc(F)cc3)cc21.OB1CCc2ccc(Sc3cccs3)cc21. The van der Waals surface area contributed by atoms with E-state index in [2.05, 4.69) is 69.6 Å². The number of thiophene rings is 1. The van der Waals surface area contributed by atoms with Crippen LogP contribution in [-0.4, -0.2) is 203 Å². The second kappa shape index (κ2) is 49.0. The molecule has 2 aromatic heterocycles. The van der Waals surface area contributed by atoms with Crippen molar-refractivity contribution in [2.75, 3.05) is 70.6 Å². The summed E-state index contributed by atoms with van der Waals surface area (Å²) in [4.78, 5) is 75.2. The van der Waals surface area contributed by atoms with Crippen LogP contribution in [0, 0.1) is 5.82 Å². The molecule has 2 saturated heterocycles. The number of aliphatic carboxylic acids is 1. The quantitative estimate of drug-likeness (QED) is 0.0206. The van der Waals surface area contributed by atoms with Gasteiger partial charge in [0.2, 0.25) is 5.95 Å². The third-order valence-electron chi connectivity index (χ3n) is 25.0. The molecular weight excluding hydrogens is 1750 g/mol. The summed E-state index contributed by atoms with van der Waals surface area (Å²) in [6.07, 6.45) is 21.3. The minimum Gasteiger partial charge on any atom is -0.489 e. The van der Waals surface area contributed by atoms with Crippen molar-refractivity contribution in [1.29, 1.82) is 0 Å². The van der Waals surface area contributed by atoms with Crippen LogP contribution < -0.4 is 66.8 Å². The van der Waals surface area contributed by atoms with Crippen LogP contribution in [0.4, 0.5) is 10.3 Å². The van der Waals surface area contributed by atoms with Gasteiger partial charge in [0, 0.05) is 78.3 Å². The van der Waals surface area contributed by atoms with Crippen LogP contribution in [0.25, 0.3) is 0 Å². The molecule has 2 fully saturated rings. The highest BCUT2D eigenvalue weighted by Gasteiger charge is 2.33. The molecule has 8 N–H and O–H groups in total. The van der Waals surface area contributed by atoms with Gasteiger partial charge in [0.15, 0.2) is 31.4 Å². The number of nitrogens with zero attached hydrogens (tertiary/aromatic N) is 5. The van der Waals surface area contributed by atoms with Gasteiger partial charge in [-0.3, -0.25) is 19.2 Å². The average Bonchev–Trinajstić information content (AvgIpc) is 1.74. The number of piperidine rings is 1. The molecule has 0 unspecified atom stereocenters. The summed E-state index contributed by atoms with van der Waals surface area (Å²) in [6, 6.07) is 60.9. The zero-order valence-corrected chi connectivity index (χ0v) is 78.1. The smallest absolute Gasteiger partial charge is 0.341 e. The molecule has 0 radical (unpaired) electrons. The number of benzene rings is 9. The Kier molecular flexibility index (Phi) is 36.3. The average molecular weight is 1860 g/mol. The number of carboxylic acid groups (broad SMARTS) is 1. The number of halogens is 1. The van der Waals surface area contributed by atoms with Gasteiger partial charge in [-0.25, -0.2) is 19.2 Å². The Morgan fingerprint density at radius 1 is 0.410 bits per heavy atom. The van der Waals surface area contributed by atoms with Gasteiger partial charge in [-0.2, -0.15) is 0 Å². The van der Waals surface area contributed by atoms with Gasteiger partial charge in [0.1, 0.15) is 47.8 Å². The number of carbonyl (C=O) groups is 5. The zero-order chi connectivity index (χ0) is 94.0. The van der Waals surface area contributed by atoms with E-state index in [1.54, 1.807) is 89.7 Å². The van der Waals surface area contributed by atoms with E-state index in [4.69, 9.17) is 28.8 Å². The fourth-order valence-corrected chi connectivity index (χ4v) is 20.3. The lowest BCUT2D eigenvalue weighted by Crippen LogP contribution is -2.50. The van der Waals surface area contributed by atoms with Gasteiger partial charge in [0.05, 0.1) is 4.21 Å². The molecule has 34 heteroatoms. The Labute approximate surface area is 797 Å². The topological polar surface area (TPSA) is 329 Å². The van der Waals surface area contributed by atoms with Crippen LogP contribution in [0.5, 0.6) is 28.7 Å². The van der Waals surface area contributed by atoms with E-state index in [1.165, 1.54) is 51.3 Å². The molecule has 0 spiro atoms.